The van der Waals surface area contributed by atoms with Crippen LogP contribution in [0.15, 0.2) is 66.7 Å². The summed E-state index contributed by atoms with van der Waals surface area (Å²) in [5.41, 5.74) is 2.09. The highest BCUT2D eigenvalue weighted by Gasteiger charge is 2.29. The molecule has 0 bridgehead atoms. The van der Waals surface area contributed by atoms with Gasteiger partial charge in [0.1, 0.15) is 28.5 Å². The Hall–Kier alpha value is -4.26. The molecule has 4 rings (SSSR count). The van der Waals surface area contributed by atoms with Crippen LogP contribution in [0.1, 0.15) is 61.0 Å². The van der Waals surface area contributed by atoms with Crippen LogP contribution < -0.4 is 9.47 Å². The minimum Gasteiger partial charge on any atom is -0.491 e. The number of methoxy groups -OCH3 is 1. The molecule has 0 atom stereocenters. The van der Waals surface area contributed by atoms with E-state index in [1.807, 2.05) is 38.1 Å². The Morgan fingerprint density at radius 2 is 1.46 bits per heavy atom. The highest BCUT2D eigenvalue weighted by Crippen LogP contribution is 2.35. The average Bonchev–Trinajstić information content (AvgIpc) is 3.18. The van der Waals surface area contributed by atoms with Gasteiger partial charge in [0.15, 0.2) is 0 Å². The standard InChI is InChI=1S/C30H31NO6/c1-18(2)36-21-13-9-20(10-14-21)31-25-16-15-23(37-22-11-7-19(8-12-22)30(3,4)5)17-24(25)26(28(32)33)27(31)29(34)35-6/h7-18H,1-6H3,(H,32,33). The molecule has 7 heteroatoms. The molecule has 0 amide bonds. The predicted molar refractivity (Wildman–Crippen MR) is 143 cm³/mol. The largest absolute Gasteiger partial charge is 0.491 e. The molecule has 0 saturated heterocycles. The van der Waals surface area contributed by atoms with Gasteiger partial charge in [-0.15, -0.1) is 0 Å². The van der Waals surface area contributed by atoms with E-state index >= 15 is 0 Å². The quantitative estimate of drug-likeness (QED) is 0.275. The molecule has 192 valence electrons. The normalized spacial score (nSPS) is 11.5. The molecule has 0 aliphatic rings. The monoisotopic (exact) mass is 501 g/mol. The van der Waals surface area contributed by atoms with E-state index in [1.165, 1.54) is 12.7 Å². The number of esters is 1. The van der Waals surface area contributed by atoms with Crippen LogP contribution in [0.3, 0.4) is 0 Å². The van der Waals surface area contributed by atoms with Crippen LogP contribution in [0.25, 0.3) is 16.6 Å². The SMILES string of the molecule is COC(=O)c1c(C(=O)O)c2cc(Oc3ccc(C(C)(C)C)cc3)ccc2n1-c1ccc(OC(C)C)cc1. The minimum atomic E-state index is -1.24. The number of carbonyl (C=O) groups excluding carboxylic acids is 1. The van der Waals surface area contributed by atoms with Crippen molar-refractivity contribution in [2.45, 2.75) is 46.1 Å². The predicted octanol–water partition coefficient (Wildman–Crippen LogP) is 6.99. The van der Waals surface area contributed by atoms with Gasteiger partial charge in [0.25, 0.3) is 0 Å². The van der Waals surface area contributed by atoms with Gasteiger partial charge in [-0.1, -0.05) is 32.9 Å². The van der Waals surface area contributed by atoms with Crippen LogP contribution in [0.4, 0.5) is 0 Å². The Balaban J connectivity index is 1.83. The van der Waals surface area contributed by atoms with E-state index in [1.54, 1.807) is 47.0 Å². The Bertz CT molecular complexity index is 1440. The van der Waals surface area contributed by atoms with Crippen LogP contribution in [0, 0.1) is 0 Å². The fraction of sp³-hybridized carbons (Fsp3) is 0.267. The third kappa shape index (κ3) is 5.31. The molecule has 0 aliphatic heterocycles. The Morgan fingerprint density at radius 3 is 2.00 bits per heavy atom. The summed E-state index contributed by atoms with van der Waals surface area (Å²) in [4.78, 5) is 25.2. The first-order valence-corrected chi connectivity index (χ1v) is 12.0. The zero-order valence-corrected chi connectivity index (χ0v) is 21.9. The third-order valence-electron chi connectivity index (χ3n) is 5.95. The number of hydrogen-bond acceptors (Lipinski definition) is 5. The number of rotatable bonds is 7. The molecule has 0 aliphatic carbocycles. The molecular formula is C30H31NO6. The molecular weight excluding hydrogens is 470 g/mol. The number of fused-ring (bicyclic) bond motifs is 1. The number of ether oxygens (including phenoxy) is 3. The maximum atomic E-state index is 12.8. The Kier molecular flexibility index (Phi) is 6.99. The highest BCUT2D eigenvalue weighted by atomic mass is 16.5. The molecule has 0 unspecified atom stereocenters. The van der Waals surface area contributed by atoms with Gasteiger partial charge in [0, 0.05) is 11.1 Å². The van der Waals surface area contributed by atoms with Crippen LogP contribution in [-0.2, 0) is 10.2 Å². The molecule has 0 saturated carbocycles. The molecule has 1 N–H and O–H groups in total. The van der Waals surface area contributed by atoms with Gasteiger partial charge >= 0.3 is 11.9 Å². The molecule has 0 radical (unpaired) electrons. The summed E-state index contributed by atoms with van der Waals surface area (Å²) >= 11 is 0. The Morgan fingerprint density at radius 1 is 0.865 bits per heavy atom. The van der Waals surface area contributed by atoms with Crippen molar-refractivity contribution in [3.63, 3.8) is 0 Å². The summed E-state index contributed by atoms with van der Waals surface area (Å²) < 4.78 is 18.3. The van der Waals surface area contributed by atoms with E-state index in [0.29, 0.717) is 33.8 Å². The number of aromatic nitrogens is 1. The molecule has 0 fully saturated rings. The molecule has 3 aromatic carbocycles. The smallest absolute Gasteiger partial charge is 0.355 e. The molecule has 37 heavy (non-hydrogen) atoms. The lowest BCUT2D eigenvalue weighted by Crippen LogP contribution is -2.14. The average molecular weight is 502 g/mol. The minimum absolute atomic E-state index is 0.00517. The molecule has 0 spiro atoms. The van der Waals surface area contributed by atoms with Gasteiger partial charge < -0.3 is 23.9 Å². The second-order valence-corrected chi connectivity index (χ2v) is 10.1. The van der Waals surface area contributed by atoms with Gasteiger partial charge in [0.2, 0.25) is 0 Å². The third-order valence-corrected chi connectivity index (χ3v) is 5.95. The fourth-order valence-corrected chi connectivity index (χ4v) is 4.21. The first-order chi connectivity index (χ1) is 17.5. The van der Waals surface area contributed by atoms with Crippen molar-refractivity contribution < 1.29 is 28.9 Å². The summed E-state index contributed by atoms with van der Waals surface area (Å²) in [5.74, 6) is -0.251. The zero-order chi connectivity index (χ0) is 26.9. The van der Waals surface area contributed by atoms with Gasteiger partial charge in [-0.05, 0) is 79.4 Å². The summed E-state index contributed by atoms with van der Waals surface area (Å²) in [6, 6.07) is 20.0. The van der Waals surface area contributed by atoms with E-state index < -0.39 is 11.9 Å². The number of carbonyl (C=O) groups is 2. The highest BCUT2D eigenvalue weighted by molar-refractivity contribution is 6.13. The van der Waals surface area contributed by atoms with Gasteiger partial charge in [-0.2, -0.15) is 0 Å². The summed E-state index contributed by atoms with van der Waals surface area (Å²) in [6.45, 7) is 10.3. The zero-order valence-electron chi connectivity index (χ0n) is 21.9. The lowest BCUT2D eigenvalue weighted by atomic mass is 9.87. The van der Waals surface area contributed by atoms with Crippen LogP contribution in [0.5, 0.6) is 17.2 Å². The number of carboxylic acid groups (broad SMARTS) is 1. The summed E-state index contributed by atoms with van der Waals surface area (Å²) in [6.07, 6.45) is 0.00517. The van der Waals surface area contributed by atoms with E-state index in [0.717, 1.165) is 0 Å². The van der Waals surface area contributed by atoms with Crippen molar-refractivity contribution in [3.05, 3.63) is 83.6 Å². The van der Waals surface area contributed by atoms with Crippen LogP contribution in [0.2, 0.25) is 0 Å². The van der Waals surface area contributed by atoms with Gasteiger partial charge in [0.05, 0.1) is 18.7 Å². The second-order valence-electron chi connectivity index (χ2n) is 10.1. The van der Waals surface area contributed by atoms with Crippen molar-refractivity contribution in [1.29, 1.82) is 0 Å². The topological polar surface area (TPSA) is 87.0 Å². The number of aromatic carboxylic acids is 1. The van der Waals surface area contributed by atoms with Crippen LogP contribution in [-0.4, -0.2) is 34.8 Å². The number of benzene rings is 3. The van der Waals surface area contributed by atoms with E-state index in [4.69, 9.17) is 14.2 Å². The molecule has 4 aromatic rings. The first kappa shape index (κ1) is 25.8. The van der Waals surface area contributed by atoms with E-state index in [9.17, 15) is 14.7 Å². The van der Waals surface area contributed by atoms with Crippen LogP contribution >= 0.6 is 0 Å². The van der Waals surface area contributed by atoms with Crippen molar-refractivity contribution in [1.82, 2.24) is 4.57 Å². The number of hydrogen-bond donors (Lipinski definition) is 1. The van der Waals surface area contributed by atoms with Gasteiger partial charge in [-0.25, -0.2) is 9.59 Å². The van der Waals surface area contributed by atoms with Crippen molar-refractivity contribution in [2.75, 3.05) is 7.11 Å². The first-order valence-electron chi connectivity index (χ1n) is 12.0. The maximum Gasteiger partial charge on any atom is 0.355 e. The van der Waals surface area contributed by atoms with Gasteiger partial charge in [-0.3, -0.25) is 0 Å². The summed E-state index contributed by atoms with van der Waals surface area (Å²) in [7, 11) is 1.23. The molecule has 1 aromatic heterocycles. The Labute approximate surface area is 216 Å². The van der Waals surface area contributed by atoms with Crippen molar-refractivity contribution in [3.8, 4) is 22.9 Å². The second kappa shape index (κ2) is 10.0. The van der Waals surface area contributed by atoms with E-state index in [-0.39, 0.29) is 22.8 Å². The summed E-state index contributed by atoms with van der Waals surface area (Å²) in [5, 5.41) is 10.5. The molecule has 1 heterocycles. The lowest BCUT2D eigenvalue weighted by Gasteiger charge is -2.19. The van der Waals surface area contributed by atoms with E-state index in [2.05, 4.69) is 20.8 Å². The van der Waals surface area contributed by atoms with Crippen molar-refractivity contribution in [2.24, 2.45) is 0 Å². The molecule has 7 nitrogen and oxygen atoms in total. The fourth-order valence-electron chi connectivity index (χ4n) is 4.21. The number of nitrogens with zero attached hydrogens (tertiary/aromatic N) is 1. The maximum absolute atomic E-state index is 12.8. The number of carboxylic acids is 1. The van der Waals surface area contributed by atoms with Crippen molar-refractivity contribution >= 4 is 22.8 Å². The lowest BCUT2D eigenvalue weighted by molar-refractivity contribution is 0.0575.